The van der Waals surface area contributed by atoms with E-state index in [1.165, 1.54) is 0 Å². The third-order valence-electron chi connectivity index (χ3n) is 8.71. The number of methoxy groups -OCH3 is 1. The van der Waals surface area contributed by atoms with E-state index in [9.17, 15) is 14.4 Å². The highest BCUT2D eigenvalue weighted by Gasteiger charge is 2.49. The SMILES string of the molecule is COCCOCCOCC(=O)N[C@@H](CC(C)C)C(=O)N[C@@H](CCSC)C(=O)Nc1ccc2c(c1)Oc1cc(N)ccc1C21OCc2ccccc21. The zero-order valence-electron chi connectivity index (χ0n) is 29.6. The van der Waals surface area contributed by atoms with E-state index in [0.717, 1.165) is 22.3 Å². The van der Waals surface area contributed by atoms with Gasteiger partial charge in [0.1, 0.15) is 30.2 Å². The smallest absolute Gasteiger partial charge is 0.246 e. The van der Waals surface area contributed by atoms with Crippen LogP contribution in [0.3, 0.4) is 0 Å². The number of amides is 3. The van der Waals surface area contributed by atoms with E-state index in [1.807, 2.05) is 56.5 Å². The fraction of sp³-hybridized carbons (Fsp3) is 0.447. The van der Waals surface area contributed by atoms with Gasteiger partial charge in [0, 0.05) is 41.7 Å². The van der Waals surface area contributed by atoms with Crippen LogP contribution < -0.4 is 26.4 Å². The lowest BCUT2D eigenvalue weighted by Gasteiger charge is -2.37. The fourth-order valence-corrected chi connectivity index (χ4v) is 6.80. The molecule has 0 saturated carbocycles. The number of thioether (sulfide) groups is 1. The van der Waals surface area contributed by atoms with Gasteiger partial charge in [-0.3, -0.25) is 14.4 Å². The number of carbonyl (C=O) groups excluding carboxylic acids is 3. The van der Waals surface area contributed by atoms with Crippen molar-refractivity contribution in [2.24, 2.45) is 5.92 Å². The van der Waals surface area contributed by atoms with Crippen molar-refractivity contribution >= 4 is 40.9 Å². The highest BCUT2D eigenvalue weighted by Crippen LogP contribution is 2.56. The van der Waals surface area contributed by atoms with Crippen LogP contribution >= 0.6 is 11.8 Å². The van der Waals surface area contributed by atoms with E-state index < -0.39 is 29.5 Å². The Morgan fingerprint density at radius 1 is 0.882 bits per heavy atom. The van der Waals surface area contributed by atoms with Crippen LogP contribution in [-0.2, 0) is 45.5 Å². The average Bonchev–Trinajstić information content (AvgIpc) is 3.48. The van der Waals surface area contributed by atoms with Gasteiger partial charge in [-0.25, -0.2) is 0 Å². The van der Waals surface area contributed by atoms with E-state index in [4.69, 9.17) is 29.4 Å². The first kappa shape index (κ1) is 38.1. The van der Waals surface area contributed by atoms with Gasteiger partial charge in [-0.1, -0.05) is 38.1 Å². The molecule has 1 spiro atoms. The molecule has 2 aliphatic rings. The van der Waals surface area contributed by atoms with Crippen LogP contribution in [0.25, 0.3) is 0 Å². The number of hydrogen-bond acceptors (Lipinski definition) is 10. The van der Waals surface area contributed by atoms with E-state index in [0.29, 0.717) is 67.9 Å². The molecule has 0 aromatic heterocycles. The summed E-state index contributed by atoms with van der Waals surface area (Å²) in [5.41, 5.74) is 10.1. The molecule has 0 saturated heterocycles. The van der Waals surface area contributed by atoms with Crippen molar-refractivity contribution in [2.75, 3.05) is 63.2 Å². The Bertz CT molecular complexity index is 1690. The highest BCUT2D eigenvalue weighted by atomic mass is 32.2. The molecule has 3 aromatic rings. The number of ether oxygens (including phenoxy) is 5. The molecule has 13 heteroatoms. The number of hydrogen-bond donors (Lipinski definition) is 4. The maximum atomic E-state index is 13.8. The van der Waals surface area contributed by atoms with Crippen molar-refractivity contribution in [3.63, 3.8) is 0 Å². The van der Waals surface area contributed by atoms with Crippen LogP contribution in [0, 0.1) is 5.92 Å². The van der Waals surface area contributed by atoms with Gasteiger partial charge in [-0.2, -0.15) is 11.8 Å². The van der Waals surface area contributed by atoms with Crippen LogP contribution in [0.1, 0.15) is 48.9 Å². The monoisotopic (exact) mass is 720 g/mol. The van der Waals surface area contributed by atoms with E-state index in [1.54, 1.807) is 31.0 Å². The summed E-state index contributed by atoms with van der Waals surface area (Å²) < 4.78 is 28.7. The van der Waals surface area contributed by atoms with Crippen LogP contribution in [-0.4, -0.2) is 82.0 Å². The molecule has 12 nitrogen and oxygen atoms in total. The maximum Gasteiger partial charge on any atom is 0.246 e. The number of rotatable bonds is 18. The molecule has 51 heavy (non-hydrogen) atoms. The topological polar surface area (TPSA) is 159 Å². The molecule has 3 amide bonds. The highest BCUT2D eigenvalue weighted by molar-refractivity contribution is 7.98. The van der Waals surface area contributed by atoms with Gasteiger partial charge in [0.25, 0.3) is 0 Å². The molecule has 5 rings (SSSR count). The molecule has 0 aliphatic carbocycles. The minimum absolute atomic E-state index is 0.102. The van der Waals surface area contributed by atoms with E-state index >= 15 is 0 Å². The minimum atomic E-state index is -0.899. The molecule has 1 unspecified atom stereocenters. The zero-order chi connectivity index (χ0) is 36.4. The molecule has 0 bridgehead atoms. The third kappa shape index (κ3) is 9.21. The van der Waals surface area contributed by atoms with Crippen molar-refractivity contribution in [1.29, 1.82) is 0 Å². The lowest BCUT2D eigenvalue weighted by molar-refractivity contribution is -0.133. The number of anilines is 2. The van der Waals surface area contributed by atoms with Crippen LogP contribution in [0.15, 0.2) is 60.7 Å². The lowest BCUT2D eigenvalue weighted by atomic mass is 9.77. The van der Waals surface area contributed by atoms with Crippen molar-refractivity contribution in [1.82, 2.24) is 10.6 Å². The van der Waals surface area contributed by atoms with Gasteiger partial charge in [0.05, 0.1) is 33.0 Å². The fourth-order valence-electron chi connectivity index (χ4n) is 6.32. The number of benzene rings is 3. The summed E-state index contributed by atoms with van der Waals surface area (Å²) in [6, 6.07) is 17.4. The van der Waals surface area contributed by atoms with E-state index in [-0.39, 0.29) is 25.0 Å². The Labute approximate surface area is 303 Å². The standard InChI is InChI=1S/C38H48N4O8S/c1-24(2)19-32(41-35(43)23-48-17-16-47-15-14-46-3)37(45)42-31(13-18-51-4)36(44)40-27-10-12-30-34(21-27)50-33-20-26(39)9-11-29(33)38(30)28-8-6-5-7-25(28)22-49-38/h5-12,20-21,24,31-32H,13-19,22-23,39H2,1-4H3,(H,40,44)(H,41,43)(H,42,45)/t31-,32-,38?/m0/s1. The molecule has 3 atom stereocenters. The van der Waals surface area contributed by atoms with Crippen LogP contribution in [0.2, 0.25) is 0 Å². The lowest BCUT2D eigenvalue weighted by Crippen LogP contribution is -2.53. The molecular formula is C38H48N4O8S. The first-order chi connectivity index (χ1) is 24.7. The molecule has 0 radical (unpaired) electrons. The van der Waals surface area contributed by atoms with Gasteiger partial charge in [0.2, 0.25) is 17.7 Å². The molecule has 0 fully saturated rings. The molecule has 2 aliphatic heterocycles. The number of nitrogens with one attached hydrogen (secondary N) is 3. The molecule has 2 heterocycles. The summed E-state index contributed by atoms with van der Waals surface area (Å²) in [6.07, 6.45) is 2.70. The second-order valence-electron chi connectivity index (χ2n) is 12.9. The van der Waals surface area contributed by atoms with Crippen molar-refractivity contribution in [3.8, 4) is 11.5 Å². The Morgan fingerprint density at radius 3 is 2.37 bits per heavy atom. The third-order valence-corrected chi connectivity index (χ3v) is 9.36. The minimum Gasteiger partial charge on any atom is -0.456 e. The zero-order valence-corrected chi connectivity index (χ0v) is 30.4. The van der Waals surface area contributed by atoms with Crippen LogP contribution in [0.4, 0.5) is 11.4 Å². The summed E-state index contributed by atoms with van der Waals surface area (Å²) in [5, 5.41) is 8.65. The number of carbonyl (C=O) groups is 3. The van der Waals surface area contributed by atoms with Crippen molar-refractivity contribution in [2.45, 2.75) is 51.0 Å². The number of fused-ring (bicyclic) bond motifs is 6. The van der Waals surface area contributed by atoms with E-state index in [2.05, 4.69) is 28.1 Å². The molecule has 3 aromatic carbocycles. The van der Waals surface area contributed by atoms with Gasteiger partial charge in [-0.15, -0.1) is 0 Å². The Morgan fingerprint density at radius 2 is 1.61 bits per heavy atom. The van der Waals surface area contributed by atoms with Crippen molar-refractivity contribution in [3.05, 3.63) is 82.9 Å². The molecular weight excluding hydrogens is 673 g/mol. The predicted octanol–water partition coefficient (Wildman–Crippen LogP) is 4.58. The maximum absolute atomic E-state index is 13.8. The second kappa shape index (κ2) is 17.9. The second-order valence-corrected chi connectivity index (χ2v) is 13.9. The van der Waals surface area contributed by atoms with Gasteiger partial charge in [-0.05, 0) is 66.2 Å². The molecule has 5 N–H and O–H groups in total. The summed E-state index contributed by atoms with van der Waals surface area (Å²) in [5.74, 6) is 0.573. The Hall–Kier alpha value is -4.14. The summed E-state index contributed by atoms with van der Waals surface area (Å²) in [6.45, 7) is 5.59. The van der Waals surface area contributed by atoms with Gasteiger partial charge >= 0.3 is 0 Å². The van der Waals surface area contributed by atoms with Crippen molar-refractivity contribution < 1.29 is 38.1 Å². The Balaban J connectivity index is 1.29. The molecule has 274 valence electrons. The average molecular weight is 721 g/mol. The van der Waals surface area contributed by atoms with Gasteiger partial charge in [0.15, 0.2) is 5.60 Å². The van der Waals surface area contributed by atoms with Crippen LogP contribution in [0.5, 0.6) is 11.5 Å². The summed E-state index contributed by atoms with van der Waals surface area (Å²) >= 11 is 1.57. The predicted molar refractivity (Wildman–Crippen MR) is 197 cm³/mol. The first-order valence-electron chi connectivity index (χ1n) is 17.1. The van der Waals surface area contributed by atoms with Gasteiger partial charge < -0.3 is 45.4 Å². The largest absolute Gasteiger partial charge is 0.456 e. The number of nitrogens with two attached hydrogens (primary N) is 1. The summed E-state index contributed by atoms with van der Waals surface area (Å²) in [4.78, 5) is 40.0. The summed E-state index contributed by atoms with van der Waals surface area (Å²) in [7, 11) is 1.59. The first-order valence-corrected chi connectivity index (χ1v) is 18.5. The Kier molecular flexibility index (Phi) is 13.4. The normalized spacial score (nSPS) is 16.8. The quantitative estimate of drug-likeness (QED) is 0.108. The number of nitrogen functional groups attached to an aromatic ring is 1.